The molecule has 41 heteroatoms. The van der Waals surface area contributed by atoms with Gasteiger partial charge in [-0.15, -0.1) is 0 Å². The van der Waals surface area contributed by atoms with Crippen LogP contribution in [-0.2, 0) is 75.8 Å². The first-order valence-electron chi connectivity index (χ1n) is 21.4. The van der Waals surface area contributed by atoms with Gasteiger partial charge in [0.1, 0.15) is 42.7 Å². The highest BCUT2D eigenvalue weighted by molar-refractivity contribution is 7.84. The molecule has 4 unspecified atom stereocenters. The number of hydrogen-bond acceptors (Lipinski definition) is 25. The predicted octanol–water partition coefficient (Wildman–Crippen LogP) is -4.84. The third-order valence-corrected chi connectivity index (χ3v) is 16.9. The van der Waals surface area contributed by atoms with Gasteiger partial charge in [-0.05, 0) is 0 Å². The van der Waals surface area contributed by atoms with E-state index in [1.54, 1.807) is 0 Å². The van der Waals surface area contributed by atoms with Crippen molar-refractivity contribution in [2.24, 2.45) is 13.0 Å². The summed E-state index contributed by atoms with van der Waals surface area (Å²) in [7, 11) is -12.2. The second-order valence-corrected chi connectivity index (χ2v) is 23.1. The Morgan fingerprint density at radius 2 is 1.36 bits per heavy atom. The standard InChI is InChI=1S/C34H47BN10O26P4/c1-41(2)20(48)9-14-15(66-29(22(14)49)45-13-42(3)21-27(45)39-32(36)40-28(21)52)10-63-72(35,55)70-75(60,61)71-74(58,59)65-12-17-25(26(62-4)31(68-17)44-8-6-19(47)38-34(44)54)69-73(56,57)64-11-16-23(50)24(51)30(67-16)43-7-5-18(46)37-33(43)53/h5-8,13-17,22-26,29-31,49-51H,9-12H2,1-4H3,(H7-,36,37,38,39,40,46,47,52,53,54,56,57,58,59,60,61)/q-1/p+1/t14-,15-,16-,17-,22-,23-,24-,25-,26-,29-,30-,31-,72?/m1/s1. The smallest absolute Gasteiger partial charge is 0.443 e. The van der Waals surface area contributed by atoms with E-state index in [4.69, 9.17) is 50.3 Å². The maximum absolute atomic E-state index is 13.5. The number of aromatic nitrogens is 8. The summed E-state index contributed by atoms with van der Waals surface area (Å²) < 4.78 is 109. The lowest BCUT2D eigenvalue weighted by molar-refractivity contribution is -0.745. The fraction of sp³-hybridized carbons (Fsp3) is 0.588. The van der Waals surface area contributed by atoms with Crippen LogP contribution in [0.2, 0.25) is 0 Å². The van der Waals surface area contributed by atoms with Gasteiger partial charge in [0.05, 0.1) is 40.4 Å². The Kier molecular flexibility index (Phi) is 17.3. The summed E-state index contributed by atoms with van der Waals surface area (Å²) in [6.07, 6.45) is -16.1. The molecule has 75 heavy (non-hydrogen) atoms. The maximum atomic E-state index is 13.5. The number of H-pyrrole nitrogens is 3. The molecular formula is C34H48BN10O26P4. The van der Waals surface area contributed by atoms with Crippen molar-refractivity contribution in [3.63, 3.8) is 0 Å². The number of nitrogens with zero attached hydrogens (tertiary/aromatic N) is 6. The van der Waals surface area contributed by atoms with Gasteiger partial charge in [-0.25, -0.2) is 32.2 Å². The molecule has 4 aromatic rings. The van der Waals surface area contributed by atoms with Crippen molar-refractivity contribution in [1.29, 1.82) is 0 Å². The summed E-state index contributed by atoms with van der Waals surface area (Å²) in [5, 5.41) is 32.6. The van der Waals surface area contributed by atoms with Crippen LogP contribution in [0.1, 0.15) is 25.1 Å². The third kappa shape index (κ3) is 13.2. The number of nitrogen functional groups attached to an aromatic ring is 1. The van der Waals surface area contributed by atoms with Gasteiger partial charge in [-0.1, -0.05) is 4.98 Å². The maximum Gasteiger partial charge on any atom is 0.485 e. The number of nitrogens with two attached hydrogens (primary N) is 1. The minimum atomic E-state index is -6.14. The molecule has 11 N–H and O–H groups in total. The monoisotopic (exact) mass is 1150 g/mol. The minimum absolute atomic E-state index is 0.00158. The van der Waals surface area contributed by atoms with Crippen LogP contribution in [0.4, 0.5) is 5.95 Å². The Morgan fingerprint density at radius 3 is 1.96 bits per heavy atom. The zero-order valence-electron chi connectivity index (χ0n) is 39.1. The predicted molar refractivity (Wildman–Crippen MR) is 244 cm³/mol. The average Bonchev–Trinajstić information content (AvgIpc) is 3.99. The molecule has 0 aliphatic carbocycles. The molecule has 0 spiro atoms. The number of amides is 1. The zero-order chi connectivity index (χ0) is 55.3. The van der Waals surface area contributed by atoms with Crippen LogP contribution in [-0.4, -0.2) is 172 Å². The molecule has 7 rings (SSSR count). The third-order valence-electron chi connectivity index (χ3n) is 11.5. The minimum Gasteiger partial charge on any atom is -0.443 e. The number of phosphoric ester groups is 2. The Bertz CT molecular complexity index is 3290. The van der Waals surface area contributed by atoms with Crippen LogP contribution in [0, 0.1) is 5.92 Å². The number of fused-ring (bicyclic) bond motifs is 1. The van der Waals surface area contributed by atoms with Gasteiger partial charge in [0, 0.05) is 58.1 Å². The molecule has 3 radical (unpaired) electrons. The van der Waals surface area contributed by atoms with Gasteiger partial charge >= 0.3 is 40.5 Å². The number of rotatable bonds is 21. The molecule has 413 valence electrons. The molecule has 4 aromatic heterocycles. The van der Waals surface area contributed by atoms with E-state index in [0.29, 0.717) is 9.13 Å². The van der Waals surface area contributed by atoms with Crippen molar-refractivity contribution in [2.75, 3.05) is 46.8 Å². The second-order valence-electron chi connectivity index (χ2n) is 16.9. The van der Waals surface area contributed by atoms with Gasteiger partial charge < -0.3 is 76.2 Å². The van der Waals surface area contributed by atoms with Gasteiger partial charge in [0.25, 0.3) is 22.6 Å². The Balaban J connectivity index is 1.03. The van der Waals surface area contributed by atoms with Crippen LogP contribution in [0.15, 0.2) is 54.8 Å². The highest BCUT2D eigenvalue weighted by Gasteiger charge is 2.53. The molecule has 0 saturated carbocycles. The Hall–Kier alpha value is -4.68. The Morgan fingerprint density at radius 1 is 0.787 bits per heavy atom. The fourth-order valence-electron chi connectivity index (χ4n) is 8.11. The van der Waals surface area contributed by atoms with E-state index < -0.39 is 165 Å². The molecule has 36 nitrogen and oxygen atoms in total. The molecular weight excluding hydrogens is 1100 g/mol. The van der Waals surface area contributed by atoms with Crippen molar-refractivity contribution in [2.45, 2.75) is 73.9 Å². The SMILES string of the molecule is [B-]P(=O)(OC[C@H]1O[C@@H]([n+]2cn(C)c3c(=O)[nH]c(N)nc32)[C@H](O)[C@@H]1CC(=O)N(C)C)OP(=O)(O)OP(=O)(O)OC[C@H]1O[C@@H](n2ccc(=O)[nH]c2=O)[C@H](OC)[C@@H]1OP(=O)(O)OC[C@H]1O[C@@H](n2ccc(=O)[nH]c2=O)[C@H](O)[C@@H]1O. The molecule has 0 bridgehead atoms. The average molecular weight is 1150 g/mol. The fourth-order valence-corrected chi connectivity index (χ4v) is 12.7. The van der Waals surface area contributed by atoms with E-state index in [2.05, 4.69) is 18.6 Å². The number of aromatic amines is 3. The number of imidazole rings is 1. The summed E-state index contributed by atoms with van der Waals surface area (Å²) in [5.41, 5.74) is 1.16. The van der Waals surface area contributed by atoms with E-state index in [1.807, 2.05) is 9.97 Å². The first-order chi connectivity index (χ1) is 34.9. The first-order valence-corrected chi connectivity index (χ1v) is 27.5. The summed E-state index contributed by atoms with van der Waals surface area (Å²) >= 11 is 0. The van der Waals surface area contributed by atoms with Crippen LogP contribution in [0.3, 0.4) is 0 Å². The van der Waals surface area contributed by atoms with E-state index in [0.717, 1.165) is 31.6 Å². The summed E-state index contributed by atoms with van der Waals surface area (Å²) in [6, 6.07) is 1.76. The topological polar surface area (TPSA) is 493 Å². The second kappa shape index (κ2) is 22.4. The molecule has 1 amide bonds. The number of hydrogen-bond donors (Lipinski definition) is 10. The quantitative estimate of drug-likeness (QED) is 0.0212. The number of phosphoric acid groups is 3. The lowest BCUT2D eigenvalue weighted by atomic mass is 9.94. The number of carbonyl (C=O) groups is 1. The lowest BCUT2D eigenvalue weighted by Crippen LogP contribution is -2.45. The van der Waals surface area contributed by atoms with Crippen LogP contribution < -0.4 is 38.4 Å². The largest absolute Gasteiger partial charge is 0.485 e. The molecule has 3 fully saturated rings. The van der Waals surface area contributed by atoms with Crippen molar-refractivity contribution < 1.29 is 103 Å². The lowest BCUT2D eigenvalue weighted by Gasteiger charge is -2.30. The van der Waals surface area contributed by atoms with Gasteiger partial charge in [-0.2, -0.15) is 4.31 Å². The number of carbonyl (C=O) groups excluding carboxylic acids is 1. The van der Waals surface area contributed by atoms with E-state index in [-0.39, 0.29) is 17.1 Å². The van der Waals surface area contributed by atoms with Gasteiger partial charge in [-0.3, -0.25) is 61.4 Å². The number of anilines is 1. The van der Waals surface area contributed by atoms with Crippen molar-refractivity contribution in [3.8, 4) is 0 Å². The summed E-state index contributed by atoms with van der Waals surface area (Å²) in [5.74, 6) is -2.04. The van der Waals surface area contributed by atoms with E-state index in [1.165, 1.54) is 41.5 Å². The number of ether oxygens (including phenoxy) is 4. The highest BCUT2D eigenvalue weighted by Crippen LogP contribution is 2.68. The van der Waals surface area contributed by atoms with Crippen LogP contribution >= 0.6 is 30.9 Å². The first kappa shape index (κ1) is 58.0. The van der Waals surface area contributed by atoms with Gasteiger partial charge in [0.2, 0.25) is 17.7 Å². The van der Waals surface area contributed by atoms with Crippen molar-refractivity contribution in [1.82, 2.24) is 38.5 Å². The number of nitrogens with one attached hydrogen (secondary N) is 3. The van der Waals surface area contributed by atoms with Gasteiger partial charge in [0.15, 0.2) is 18.8 Å². The van der Waals surface area contributed by atoms with Crippen LogP contribution in [0.5, 0.6) is 0 Å². The molecule has 3 aliphatic heterocycles. The highest BCUT2D eigenvalue weighted by atomic mass is 31.3. The zero-order valence-corrected chi connectivity index (χ0v) is 42.7. The van der Waals surface area contributed by atoms with Crippen LogP contribution in [0.25, 0.3) is 11.2 Å². The van der Waals surface area contributed by atoms with E-state index in [9.17, 15) is 77.0 Å². The number of aliphatic hydroxyl groups is 3. The van der Waals surface area contributed by atoms with Crippen molar-refractivity contribution in [3.05, 3.63) is 82.9 Å². The molecule has 0 aromatic carbocycles. The Labute approximate surface area is 419 Å². The summed E-state index contributed by atoms with van der Waals surface area (Å²) in [4.78, 5) is 117. The number of aryl methyl sites for hydroxylation is 1. The molecule has 3 aliphatic rings. The van der Waals surface area contributed by atoms with Crippen molar-refractivity contribution >= 4 is 61.5 Å². The molecule has 7 heterocycles. The summed E-state index contributed by atoms with van der Waals surface area (Å²) in [6.45, 7) is -3.35. The number of methoxy groups -OCH3 is 1. The van der Waals surface area contributed by atoms with E-state index >= 15 is 0 Å². The molecule has 16 atom stereocenters. The normalized spacial score (nSPS) is 30.2. The molecule has 3 saturated heterocycles. The number of aliphatic hydroxyl groups excluding tert-OH is 3.